The number of aromatic nitrogens is 2. The van der Waals surface area contributed by atoms with E-state index in [1.807, 2.05) is 34.1 Å². The van der Waals surface area contributed by atoms with E-state index in [4.69, 9.17) is 4.74 Å². The number of rotatable bonds is 6. The molecule has 2 heterocycles. The lowest BCUT2D eigenvalue weighted by atomic mass is 10.1. The van der Waals surface area contributed by atoms with Gasteiger partial charge >= 0.3 is 0 Å². The second-order valence-corrected chi connectivity index (χ2v) is 7.24. The number of benzene rings is 2. The summed E-state index contributed by atoms with van der Waals surface area (Å²) in [5, 5.41) is 2.99. The highest BCUT2D eigenvalue weighted by molar-refractivity contribution is 5.79. The van der Waals surface area contributed by atoms with Crippen molar-refractivity contribution >= 4 is 23.4 Å². The van der Waals surface area contributed by atoms with E-state index in [2.05, 4.69) is 15.3 Å². The van der Waals surface area contributed by atoms with Gasteiger partial charge in [0.1, 0.15) is 17.4 Å². The predicted molar refractivity (Wildman–Crippen MR) is 117 cm³/mol. The molecule has 1 N–H and O–H groups in total. The standard InChI is InChI=1S/C23H24FN5O2/c1-31-18-8-6-17(7-9-18)16-22(30)28-12-14-29(15-13-28)23-25-11-10-21(27-23)26-20-5-3-2-4-19(20)24/h2-11H,12-16H2,1H3,(H,25,26,27). The maximum Gasteiger partial charge on any atom is 0.227 e. The molecule has 0 bridgehead atoms. The van der Waals surface area contributed by atoms with Crippen molar-refractivity contribution in [3.8, 4) is 5.75 Å². The maximum absolute atomic E-state index is 13.9. The van der Waals surface area contributed by atoms with E-state index in [0.717, 1.165) is 11.3 Å². The number of piperazine rings is 1. The molecule has 1 aromatic heterocycles. The van der Waals surface area contributed by atoms with E-state index in [1.165, 1.54) is 6.07 Å². The van der Waals surface area contributed by atoms with Crippen molar-refractivity contribution in [2.75, 3.05) is 43.5 Å². The van der Waals surface area contributed by atoms with Crippen LogP contribution >= 0.6 is 0 Å². The molecule has 160 valence electrons. The summed E-state index contributed by atoms with van der Waals surface area (Å²) >= 11 is 0. The molecule has 4 rings (SSSR count). The second-order valence-electron chi connectivity index (χ2n) is 7.24. The monoisotopic (exact) mass is 421 g/mol. The number of hydrogen-bond acceptors (Lipinski definition) is 6. The Bertz CT molecular complexity index is 1040. The highest BCUT2D eigenvalue weighted by Crippen LogP contribution is 2.20. The van der Waals surface area contributed by atoms with Crippen LogP contribution in [0.4, 0.5) is 21.8 Å². The summed E-state index contributed by atoms with van der Waals surface area (Å²) in [5.41, 5.74) is 1.32. The Morgan fingerprint density at radius 1 is 1.06 bits per heavy atom. The largest absolute Gasteiger partial charge is 0.497 e. The zero-order valence-corrected chi connectivity index (χ0v) is 17.3. The van der Waals surface area contributed by atoms with E-state index in [-0.39, 0.29) is 11.7 Å². The zero-order chi connectivity index (χ0) is 21.6. The highest BCUT2D eigenvalue weighted by Gasteiger charge is 2.23. The summed E-state index contributed by atoms with van der Waals surface area (Å²) in [6, 6.07) is 15.7. The number of carbonyl (C=O) groups is 1. The van der Waals surface area contributed by atoms with E-state index >= 15 is 0 Å². The number of methoxy groups -OCH3 is 1. The van der Waals surface area contributed by atoms with Crippen LogP contribution in [0, 0.1) is 5.82 Å². The number of hydrogen-bond donors (Lipinski definition) is 1. The summed E-state index contributed by atoms with van der Waals surface area (Å²) in [4.78, 5) is 25.4. The van der Waals surface area contributed by atoms with Crippen molar-refractivity contribution in [3.63, 3.8) is 0 Å². The smallest absolute Gasteiger partial charge is 0.227 e. The summed E-state index contributed by atoms with van der Waals surface area (Å²) in [6.07, 6.45) is 2.01. The third kappa shape index (κ3) is 5.09. The van der Waals surface area contributed by atoms with Gasteiger partial charge in [0.25, 0.3) is 0 Å². The fourth-order valence-corrected chi connectivity index (χ4v) is 3.46. The number of nitrogens with one attached hydrogen (secondary N) is 1. The van der Waals surface area contributed by atoms with Gasteiger partial charge in [-0.1, -0.05) is 24.3 Å². The fraction of sp³-hybridized carbons (Fsp3) is 0.261. The lowest BCUT2D eigenvalue weighted by molar-refractivity contribution is -0.130. The third-order valence-corrected chi connectivity index (χ3v) is 5.21. The fourth-order valence-electron chi connectivity index (χ4n) is 3.46. The average Bonchev–Trinajstić information content (AvgIpc) is 2.81. The molecule has 0 atom stereocenters. The number of anilines is 3. The van der Waals surface area contributed by atoms with Crippen molar-refractivity contribution in [1.82, 2.24) is 14.9 Å². The van der Waals surface area contributed by atoms with E-state index in [0.29, 0.717) is 50.1 Å². The lowest BCUT2D eigenvalue weighted by Gasteiger charge is -2.35. The summed E-state index contributed by atoms with van der Waals surface area (Å²) in [7, 11) is 1.62. The van der Waals surface area contributed by atoms with E-state index in [1.54, 1.807) is 37.6 Å². The first-order valence-corrected chi connectivity index (χ1v) is 10.1. The Balaban J connectivity index is 1.34. The third-order valence-electron chi connectivity index (χ3n) is 5.21. The van der Waals surface area contributed by atoms with Crippen LogP contribution in [0.3, 0.4) is 0 Å². The van der Waals surface area contributed by atoms with Crippen molar-refractivity contribution in [2.24, 2.45) is 0 Å². The number of carbonyl (C=O) groups excluding carboxylic acids is 1. The minimum absolute atomic E-state index is 0.0979. The molecule has 1 fully saturated rings. The molecule has 1 aliphatic rings. The van der Waals surface area contributed by atoms with Gasteiger partial charge < -0.3 is 19.9 Å². The molecule has 7 nitrogen and oxygen atoms in total. The molecule has 0 aliphatic carbocycles. The maximum atomic E-state index is 13.9. The number of para-hydroxylation sites is 1. The van der Waals surface area contributed by atoms with Crippen LogP contribution in [-0.2, 0) is 11.2 Å². The molecule has 0 spiro atoms. The minimum Gasteiger partial charge on any atom is -0.497 e. The quantitative estimate of drug-likeness (QED) is 0.659. The Morgan fingerprint density at radius 3 is 2.52 bits per heavy atom. The summed E-state index contributed by atoms with van der Waals surface area (Å²) in [6.45, 7) is 2.47. The molecule has 2 aromatic carbocycles. The zero-order valence-electron chi connectivity index (χ0n) is 17.3. The van der Waals surface area contributed by atoms with Crippen molar-refractivity contribution in [1.29, 1.82) is 0 Å². The molecule has 3 aromatic rings. The van der Waals surface area contributed by atoms with Gasteiger partial charge in [0.05, 0.1) is 19.2 Å². The van der Waals surface area contributed by atoms with E-state index < -0.39 is 0 Å². The van der Waals surface area contributed by atoms with Gasteiger partial charge in [0.15, 0.2) is 0 Å². The summed E-state index contributed by atoms with van der Waals surface area (Å²) in [5.74, 6) is 1.61. The van der Waals surface area contributed by atoms with Crippen LogP contribution in [0.25, 0.3) is 0 Å². The second kappa shape index (κ2) is 9.42. The van der Waals surface area contributed by atoms with Gasteiger partial charge in [0.2, 0.25) is 11.9 Å². The van der Waals surface area contributed by atoms with E-state index in [9.17, 15) is 9.18 Å². The number of nitrogens with zero attached hydrogens (tertiary/aromatic N) is 4. The first-order valence-electron chi connectivity index (χ1n) is 10.1. The molecule has 1 amide bonds. The van der Waals surface area contributed by atoms with Gasteiger partial charge in [-0.2, -0.15) is 4.98 Å². The number of amides is 1. The van der Waals surface area contributed by atoms with Crippen molar-refractivity contribution in [3.05, 3.63) is 72.2 Å². The molecule has 0 saturated carbocycles. The van der Waals surface area contributed by atoms with Crippen molar-refractivity contribution < 1.29 is 13.9 Å². The van der Waals surface area contributed by atoms with Gasteiger partial charge in [0, 0.05) is 32.4 Å². The number of ether oxygens (including phenoxy) is 1. The SMILES string of the molecule is COc1ccc(CC(=O)N2CCN(c3nccc(Nc4ccccc4F)n3)CC2)cc1. The van der Waals surface area contributed by atoms with Gasteiger partial charge in [-0.25, -0.2) is 9.37 Å². The van der Waals surface area contributed by atoms with Gasteiger partial charge in [-0.3, -0.25) is 4.79 Å². The molecule has 1 aliphatic heterocycles. The first kappa shape index (κ1) is 20.6. The average molecular weight is 421 g/mol. The van der Waals surface area contributed by atoms with Crippen LogP contribution in [0.15, 0.2) is 60.8 Å². The molecule has 1 saturated heterocycles. The Morgan fingerprint density at radius 2 is 1.81 bits per heavy atom. The van der Waals surface area contributed by atoms with Crippen LogP contribution in [0.1, 0.15) is 5.56 Å². The highest BCUT2D eigenvalue weighted by atomic mass is 19.1. The first-order chi connectivity index (χ1) is 15.1. The van der Waals surface area contributed by atoms with Crippen molar-refractivity contribution in [2.45, 2.75) is 6.42 Å². The van der Waals surface area contributed by atoms with Crippen LogP contribution in [0.2, 0.25) is 0 Å². The predicted octanol–water partition coefficient (Wildman–Crippen LogP) is 3.26. The Kier molecular flexibility index (Phi) is 6.26. The number of halogens is 1. The molecular weight excluding hydrogens is 397 g/mol. The Hall–Kier alpha value is -3.68. The van der Waals surface area contributed by atoms with Crippen LogP contribution in [0.5, 0.6) is 5.75 Å². The lowest BCUT2D eigenvalue weighted by Crippen LogP contribution is -2.49. The van der Waals surface area contributed by atoms with Crippen LogP contribution in [-0.4, -0.2) is 54.1 Å². The molecule has 31 heavy (non-hydrogen) atoms. The molecule has 8 heteroatoms. The molecule has 0 unspecified atom stereocenters. The van der Waals surface area contributed by atoms with Gasteiger partial charge in [-0.05, 0) is 35.9 Å². The van der Waals surface area contributed by atoms with Crippen LogP contribution < -0.4 is 15.0 Å². The Labute approximate surface area is 180 Å². The minimum atomic E-state index is -0.341. The summed E-state index contributed by atoms with van der Waals surface area (Å²) < 4.78 is 19.0. The molecular formula is C23H24FN5O2. The normalized spacial score (nSPS) is 13.7. The van der Waals surface area contributed by atoms with Gasteiger partial charge in [-0.15, -0.1) is 0 Å². The topological polar surface area (TPSA) is 70.6 Å². The molecule has 0 radical (unpaired) electrons.